The van der Waals surface area contributed by atoms with Gasteiger partial charge in [-0.25, -0.2) is 4.39 Å². The Hall–Kier alpha value is -1.08. The second-order valence-electron chi connectivity index (χ2n) is 10.2. The van der Waals surface area contributed by atoms with E-state index in [0.717, 1.165) is 29.7 Å². The van der Waals surface area contributed by atoms with Crippen molar-refractivity contribution >= 4 is 17.2 Å². The predicted octanol–water partition coefficient (Wildman–Crippen LogP) is 8.95. The molecule has 4 rings (SSSR count). The van der Waals surface area contributed by atoms with Crippen LogP contribution in [0.2, 0.25) is 0 Å². The largest absolute Gasteiger partial charge is 0.206 e. The van der Waals surface area contributed by atoms with E-state index in [4.69, 9.17) is 11.6 Å². The van der Waals surface area contributed by atoms with Crippen LogP contribution in [0.1, 0.15) is 89.5 Å². The van der Waals surface area contributed by atoms with Crippen LogP contribution in [0.4, 0.5) is 4.39 Å². The van der Waals surface area contributed by atoms with E-state index in [9.17, 15) is 4.39 Å². The molecule has 0 heterocycles. The molecule has 0 spiro atoms. The van der Waals surface area contributed by atoms with Crippen molar-refractivity contribution < 1.29 is 4.39 Å². The molecular weight excluding hydrogens is 391 g/mol. The summed E-state index contributed by atoms with van der Waals surface area (Å²) in [6.07, 6.45) is 22.5. The van der Waals surface area contributed by atoms with Crippen molar-refractivity contribution in [1.29, 1.82) is 0 Å². The van der Waals surface area contributed by atoms with Gasteiger partial charge in [-0.3, -0.25) is 0 Å². The molecule has 3 aliphatic rings. The lowest BCUT2D eigenvalue weighted by atomic mass is 9.71. The Morgan fingerprint density at radius 1 is 0.900 bits per heavy atom. The van der Waals surface area contributed by atoms with Gasteiger partial charge < -0.3 is 0 Å². The molecule has 0 aromatic heterocycles. The molecule has 2 fully saturated rings. The monoisotopic (exact) mass is 428 g/mol. The zero-order chi connectivity index (χ0) is 21.0. The van der Waals surface area contributed by atoms with Gasteiger partial charge in [0.05, 0.1) is 4.87 Å². The molecule has 2 saturated carbocycles. The first kappa shape index (κ1) is 22.1. The number of hydrogen-bond acceptors (Lipinski definition) is 0. The number of hydrogen-bond donors (Lipinski definition) is 0. The van der Waals surface area contributed by atoms with Gasteiger partial charge in [0.2, 0.25) is 0 Å². The maximum absolute atomic E-state index is 14.1. The van der Waals surface area contributed by atoms with E-state index in [1.807, 2.05) is 18.2 Å². The average molecular weight is 429 g/mol. The lowest BCUT2D eigenvalue weighted by Crippen LogP contribution is -2.34. The molecule has 0 saturated heterocycles. The third-order valence-electron chi connectivity index (χ3n) is 8.41. The molecule has 0 amide bonds. The fourth-order valence-electron chi connectivity index (χ4n) is 6.16. The van der Waals surface area contributed by atoms with Gasteiger partial charge in [0.25, 0.3) is 0 Å². The lowest BCUT2D eigenvalue weighted by Gasteiger charge is -2.39. The second kappa shape index (κ2) is 10.0. The minimum absolute atomic E-state index is 0.154. The Balaban J connectivity index is 1.24. The molecule has 164 valence electrons. The molecule has 0 N–H and O–H groups in total. The van der Waals surface area contributed by atoms with Crippen LogP contribution in [0.3, 0.4) is 0 Å². The first-order valence-electron chi connectivity index (χ1n) is 12.4. The van der Waals surface area contributed by atoms with Crippen LogP contribution < -0.4 is 0 Å². The van der Waals surface area contributed by atoms with Crippen molar-refractivity contribution in [1.82, 2.24) is 0 Å². The molecule has 1 aromatic carbocycles. The fraction of sp³-hybridized carbons (Fsp3) is 0.643. The summed E-state index contributed by atoms with van der Waals surface area (Å²) in [4.78, 5) is -0.280. The second-order valence-corrected chi connectivity index (χ2v) is 10.9. The van der Waals surface area contributed by atoms with Crippen molar-refractivity contribution in [2.75, 3.05) is 0 Å². The average Bonchev–Trinajstić information content (AvgIpc) is 2.79. The molecular formula is C28H38ClF. The molecule has 1 atom stereocenters. The maximum Gasteiger partial charge on any atom is 0.131 e. The van der Waals surface area contributed by atoms with E-state index in [1.165, 1.54) is 76.7 Å². The summed E-state index contributed by atoms with van der Waals surface area (Å²) in [7, 11) is 0. The first-order valence-corrected chi connectivity index (χ1v) is 12.8. The van der Waals surface area contributed by atoms with E-state index in [2.05, 4.69) is 19.1 Å². The van der Waals surface area contributed by atoms with Gasteiger partial charge in [-0.05, 0) is 54.6 Å². The molecule has 0 aliphatic heterocycles. The Labute approximate surface area is 188 Å². The Morgan fingerprint density at radius 3 is 2.07 bits per heavy atom. The van der Waals surface area contributed by atoms with Gasteiger partial charge in [0.15, 0.2) is 0 Å². The Morgan fingerprint density at radius 2 is 1.50 bits per heavy atom. The number of benzene rings is 1. The van der Waals surface area contributed by atoms with Gasteiger partial charge in [0, 0.05) is 5.56 Å². The normalized spacial score (nSPS) is 34.6. The molecule has 3 aliphatic carbocycles. The van der Waals surface area contributed by atoms with Crippen molar-refractivity contribution in [2.45, 2.75) is 88.8 Å². The highest BCUT2D eigenvalue weighted by atomic mass is 35.5. The number of allylic oxidation sites excluding steroid dienone is 4. The zero-order valence-corrected chi connectivity index (χ0v) is 19.3. The number of rotatable bonds is 6. The number of halogens is 2. The van der Waals surface area contributed by atoms with Crippen LogP contribution in [0.15, 0.2) is 42.5 Å². The van der Waals surface area contributed by atoms with Crippen LogP contribution in [0.25, 0.3) is 5.57 Å². The molecule has 0 nitrogen and oxygen atoms in total. The van der Waals surface area contributed by atoms with Gasteiger partial charge in [-0.15, -0.1) is 11.6 Å². The lowest BCUT2D eigenvalue weighted by molar-refractivity contribution is 0.203. The SMILES string of the molecule is CC[C@H]1CC[C@H](CC[C@H]2CC[C@H](C3(Cl)C=CC(c4ccccc4F)=CC3)CC2)CC1. The van der Waals surface area contributed by atoms with Crippen molar-refractivity contribution in [3.05, 3.63) is 53.9 Å². The fourth-order valence-corrected chi connectivity index (χ4v) is 6.52. The van der Waals surface area contributed by atoms with Gasteiger partial charge in [-0.1, -0.05) is 101 Å². The van der Waals surface area contributed by atoms with Crippen molar-refractivity contribution in [2.24, 2.45) is 23.7 Å². The van der Waals surface area contributed by atoms with Crippen LogP contribution >= 0.6 is 11.6 Å². The topological polar surface area (TPSA) is 0 Å². The maximum atomic E-state index is 14.1. The molecule has 1 aromatic rings. The highest BCUT2D eigenvalue weighted by Crippen LogP contribution is 2.46. The van der Waals surface area contributed by atoms with Crippen LogP contribution in [-0.4, -0.2) is 4.87 Å². The van der Waals surface area contributed by atoms with Gasteiger partial charge in [-0.2, -0.15) is 0 Å². The van der Waals surface area contributed by atoms with E-state index in [-0.39, 0.29) is 10.7 Å². The minimum Gasteiger partial charge on any atom is -0.206 e. The van der Waals surface area contributed by atoms with E-state index in [1.54, 1.807) is 6.07 Å². The Bertz CT molecular complexity index is 750. The minimum atomic E-state index is -0.280. The Kier molecular flexibility index (Phi) is 7.40. The summed E-state index contributed by atoms with van der Waals surface area (Å²) < 4.78 is 14.1. The first-order chi connectivity index (χ1) is 14.6. The van der Waals surface area contributed by atoms with Crippen LogP contribution in [0, 0.1) is 29.5 Å². The summed E-state index contributed by atoms with van der Waals surface area (Å²) in [5.41, 5.74) is 1.65. The van der Waals surface area contributed by atoms with Crippen molar-refractivity contribution in [3.8, 4) is 0 Å². The highest BCUT2D eigenvalue weighted by Gasteiger charge is 2.37. The predicted molar refractivity (Wildman–Crippen MR) is 127 cm³/mol. The third kappa shape index (κ3) is 5.21. The van der Waals surface area contributed by atoms with Gasteiger partial charge >= 0.3 is 0 Å². The molecule has 1 unspecified atom stereocenters. The summed E-state index contributed by atoms with van der Waals surface area (Å²) in [5.74, 6) is 3.30. The van der Waals surface area contributed by atoms with E-state index < -0.39 is 0 Å². The molecule has 2 heteroatoms. The van der Waals surface area contributed by atoms with Crippen LogP contribution in [-0.2, 0) is 0 Å². The standard InChI is InChI=1S/C28H38ClF/c1-2-21-7-9-22(10-8-21)11-12-23-13-15-25(16-14-23)28(29)19-17-24(18-20-28)26-5-3-4-6-27(26)30/h3-6,17-19,21-23,25H,2,7-16,20H2,1H3/t21-,22-,23-,25-,28?. The third-order valence-corrected chi connectivity index (χ3v) is 9.00. The quantitative estimate of drug-likeness (QED) is 0.396. The van der Waals surface area contributed by atoms with E-state index in [0.29, 0.717) is 11.5 Å². The summed E-state index contributed by atoms with van der Waals surface area (Å²) in [6.45, 7) is 2.35. The number of alkyl halides is 1. The van der Waals surface area contributed by atoms with E-state index >= 15 is 0 Å². The smallest absolute Gasteiger partial charge is 0.131 e. The summed E-state index contributed by atoms with van der Waals surface area (Å²) >= 11 is 7.10. The summed E-state index contributed by atoms with van der Waals surface area (Å²) in [5, 5.41) is 0. The molecule has 0 bridgehead atoms. The molecule has 30 heavy (non-hydrogen) atoms. The van der Waals surface area contributed by atoms with Crippen molar-refractivity contribution in [3.63, 3.8) is 0 Å². The highest BCUT2D eigenvalue weighted by molar-refractivity contribution is 6.26. The molecule has 0 radical (unpaired) electrons. The van der Waals surface area contributed by atoms with Crippen LogP contribution in [0.5, 0.6) is 0 Å². The zero-order valence-electron chi connectivity index (χ0n) is 18.6. The summed E-state index contributed by atoms with van der Waals surface area (Å²) in [6, 6.07) is 7.02. The van der Waals surface area contributed by atoms with Gasteiger partial charge in [0.1, 0.15) is 5.82 Å².